The minimum atomic E-state index is 0.0291. The molecule has 0 bridgehead atoms. The van der Waals surface area contributed by atoms with Crippen LogP contribution in [0.5, 0.6) is 0 Å². The largest absolute Gasteiger partial charge is 0.133 e. The lowest BCUT2D eigenvalue weighted by atomic mass is 10.2. The molecule has 0 amide bonds. The number of alkyl halides is 1. The molecule has 2 aromatic rings. The monoisotopic (exact) mass is 248 g/mol. The van der Waals surface area contributed by atoms with E-state index in [1.54, 1.807) is 11.8 Å². The van der Waals surface area contributed by atoms with Crippen molar-refractivity contribution in [3.8, 4) is 0 Å². The lowest BCUT2D eigenvalue weighted by Gasteiger charge is -2.09. The quantitative estimate of drug-likeness (QED) is 0.697. The van der Waals surface area contributed by atoms with Crippen molar-refractivity contribution < 1.29 is 0 Å². The van der Waals surface area contributed by atoms with Crippen molar-refractivity contribution in [2.75, 3.05) is 0 Å². The molecule has 0 saturated carbocycles. The van der Waals surface area contributed by atoms with Crippen LogP contribution in [0.4, 0.5) is 0 Å². The van der Waals surface area contributed by atoms with Crippen LogP contribution in [-0.4, -0.2) is 0 Å². The number of thioether (sulfide) groups is 1. The van der Waals surface area contributed by atoms with Crippen LogP contribution < -0.4 is 0 Å². The molecule has 2 aromatic carbocycles. The van der Waals surface area contributed by atoms with Gasteiger partial charge in [-0.15, -0.1) is 23.4 Å². The standard InChI is InChI=1S/C14H13ClS/c15-14(13-9-5-2-6-10-13)16-11-12-7-3-1-4-8-12/h1-10,14H,11H2. The van der Waals surface area contributed by atoms with Crippen LogP contribution >= 0.6 is 23.4 Å². The molecule has 16 heavy (non-hydrogen) atoms. The van der Waals surface area contributed by atoms with E-state index in [0.717, 1.165) is 5.75 Å². The fourth-order valence-corrected chi connectivity index (χ4v) is 2.66. The van der Waals surface area contributed by atoms with Gasteiger partial charge in [0.05, 0.1) is 0 Å². The second-order valence-corrected chi connectivity index (χ2v) is 5.31. The van der Waals surface area contributed by atoms with E-state index in [1.165, 1.54) is 11.1 Å². The molecular formula is C14H13ClS. The van der Waals surface area contributed by atoms with Gasteiger partial charge in [-0.2, -0.15) is 0 Å². The molecule has 0 heterocycles. The first-order valence-electron chi connectivity index (χ1n) is 5.21. The summed E-state index contributed by atoms with van der Waals surface area (Å²) in [4.78, 5) is 0. The second kappa shape index (κ2) is 5.97. The molecular weight excluding hydrogens is 236 g/mol. The summed E-state index contributed by atoms with van der Waals surface area (Å²) in [5.74, 6) is 0.948. The Morgan fingerprint density at radius 3 is 2.06 bits per heavy atom. The Morgan fingerprint density at radius 2 is 1.44 bits per heavy atom. The highest BCUT2D eigenvalue weighted by molar-refractivity contribution is 7.99. The average Bonchev–Trinajstić information content (AvgIpc) is 2.38. The van der Waals surface area contributed by atoms with Gasteiger partial charge in [-0.05, 0) is 11.1 Å². The van der Waals surface area contributed by atoms with E-state index in [1.807, 2.05) is 24.3 Å². The van der Waals surface area contributed by atoms with Crippen molar-refractivity contribution in [3.63, 3.8) is 0 Å². The molecule has 0 N–H and O–H groups in total. The normalized spacial score (nSPS) is 12.3. The maximum absolute atomic E-state index is 6.32. The van der Waals surface area contributed by atoms with Crippen LogP contribution in [0, 0.1) is 0 Å². The van der Waals surface area contributed by atoms with E-state index < -0.39 is 0 Å². The molecule has 0 spiro atoms. The van der Waals surface area contributed by atoms with Gasteiger partial charge in [-0.1, -0.05) is 60.7 Å². The van der Waals surface area contributed by atoms with E-state index in [0.29, 0.717) is 0 Å². The zero-order valence-corrected chi connectivity index (χ0v) is 10.4. The van der Waals surface area contributed by atoms with Gasteiger partial charge in [-0.3, -0.25) is 0 Å². The molecule has 0 aliphatic rings. The zero-order valence-electron chi connectivity index (χ0n) is 8.84. The Labute approximate surface area is 106 Å². The molecule has 0 aliphatic carbocycles. The van der Waals surface area contributed by atoms with Crippen molar-refractivity contribution >= 4 is 23.4 Å². The number of hydrogen-bond donors (Lipinski definition) is 0. The highest BCUT2D eigenvalue weighted by Crippen LogP contribution is 2.34. The Hall–Kier alpha value is -0.920. The fourth-order valence-electron chi connectivity index (χ4n) is 1.44. The lowest BCUT2D eigenvalue weighted by Crippen LogP contribution is -1.86. The number of hydrogen-bond acceptors (Lipinski definition) is 1. The maximum Gasteiger partial charge on any atom is 0.104 e. The zero-order chi connectivity index (χ0) is 11.2. The molecule has 2 rings (SSSR count). The van der Waals surface area contributed by atoms with Gasteiger partial charge in [0.2, 0.25) is 0 Å². The summed E-state index contributed by atoms with van der Waals surface area (Å²) >= 11 is 8.07. The molecule has 0 nitrogen and oxygen atoms in total. The Bertz CT molecular complexity index is 413. The lowest BCUT2D eigenvalue weighted by molar-refractivity contribution is 1.33. The maximum atomic E-state index is 6.32. The molecule has 0 saturated heterocycles. The number of benzene rings is 2. The van der Waals surface area contributed by atoms with E-state index in [-0.39, 0.29) is 4.71 Å². The second-order valence-electron chi connectivity index (χ2n) is 3.52. The predicted molar refractivity (Wildman–Crippen MR) is 72.8 cm³/mol. The third-order valence-electron chi connectivity index (χ3n) is 2.30. The average molecular weight is 249 g/mol. The van der Waals surface area contributed by atoms with E-state index >= 15 is 0 Å². The van der Waals surface area contributed by atoms with E-state index in [9.17, 15) is 0 Å². The number of rotatable bonds is 4. The first-order chi connectivity index (χ1) is 7.86. The molecule has 0 aliphatic heterocycles. The molecule has 2 heteroatoms. The van der Waals surface area contributed by atoms with Gasteiger partial charge in [-0.25, -0.2) is 0 Å². The fraction of sp³-hybridized carbons (Fsp3) is 0.143. The smallest absolute Gasteiger partial charge is 0.104 e. The summed E-state index contributed by atoms with van der Waals surface area (Å²) in [6, 6.07) is 20.6. The van der Waals surface area contributed by atoms with Crippen LogP contribution in [0.25, 0.3) is 0 Å². The summed E-state index contributed by atoms with van der Waals surface area (Å²) in [6.07, 6.45) is 0. The van der Waals surface area contributed by atoms with Crippen molar-refractivity contribution in [2.45, 2.75) is 10.5 Å². The SMILES string of the molecule is ClC(SCc1ccccc1)c1ccccc1. The minimum Gasteiger partial charge on any atom is -0.133 e. The van der Waals surface area contributed by atoms with Crippen LogP contribution in [0.3, 0.4) is 0 Å². The Balaban J connectivity index is 1.92. The molecule has 1 unspecified atom stereocenters. The Morgan fingerprint density at radius 1 is 0.875 bits per heavy atom. The van der Waals surface area contributed by atoms with Crippen LogP contribution in [-0.2, 0) is 5.75 Å². The van der Waals surface area contributed by atoms with Gasteiger partial charge in [0, 0.05) is 5.75 Å². The van der Waals surface area contributed by atoms with Crippen molar-refractivity contribution in [1.29, 1.82) is 0 Å². The molecule has 0 radical (unpaired) electrons. The summed E-state index contributed by atoms with van der Waals surface area (Å²) in [7, 11) is 0. The van der Waals surface area contributed by atoms with Gasteiger partial charge in [0.25, 0.3) is 0 Å². The number of halogens is 1. The molecule has 82 valence electrons. The predicted octanol–water partition coefficient (Wildman–Crippen LogP) is 4.86. The van der Waals surface area contributed by atoms with Crippen LogP contribution in [0.15, 0.2) is 60.7 Å². The van der Waals surface area contributed by atoms with Crippen LogP contribution in [0.1, 0.15) is 15.8 Å². The third kappa shape index (κ3) is 3.29. The summed E-state index contributed by atoms with van der Waals surface area (Å²) in [6.45, 7) is 0. The van der Waals surface area contributed by atoms with Crippen molar-refractivity contribution in [2.24, 2.45) is 0 Å². The summed E-state index contributed by atoms with van der Waals surface area (Å²) in [5, 5.41) is 0. The first-order valence-corrected chi connectivity index (χ1v) is 6.69. The van der Waals surface area contributed by atoms with Crippen molar-refractivity contribution in [1.82, 2.24) is 0 Å². The van der Waals surface area contributed by atoms with Crippen LogP contribution in [0.2, 0.25) is 0 Å². The highest BCUT2D eigenvalue weighted by atomic mass is 35.5. The van der Waals surface area contributed by atoms with Gasteiger partial charge in [0.1, 0.15) is 4.71 Å². The Kier molecular flexibility index (Phi) is 4.32. The highest BCUT2D eigenvalue weighted by Gasteiger charge is 2.07. The van der Waals surface area contributed by atoms with E-state index in [4.69, 9.17) is 11.6 Å². The topological polar surface area (TPSA) is 0 Å². The summed E-state index contributed by atoms with van der Waals surface area (Å²) < 4.78 is 0.0291. The molecule has 1 atom stereocenters. The van der Waals surface area contributed by atoms with Gasteiger partial charge < -0.3 is 0 Å². The first kappa shape index (κ1) is 11.6. The van der Waals surface area contributed by atoms with E-state index in [2.05, 4.69) is 36.4 Å². The van der Waals surface area contributed by atoms with Gasteiger partial charge >= 0.3 is 0 Å². The molecule has 0 fully saturated rings. The third-order valence-corrected chi connectivity index (χ3v) is 4.00. The van der Waals surface area contributed by atoms with Gasteiger partial charge in [0.15, 0.2) is 0 Å². The minimum absolute atomic E-state index is 0.0291. The molecule has 0 aromatic heterocycles. The summed E-state index contributed by atoms with van der Waals surface area (Å²) in [5.41, 5.74) is 2.49. The van der Waals surface area contributed by atoms with Crippen molar-refractivity contribution in [3.05, 3.63) is 71.8 Å².